The van der Waals surface area contributed by atoms with Gasteiger partial charge < -0.3 is 16.0 Å². The fraction of sp³-hybridized carbons (Fsp3) is 0. The number of carbonyl (C=O) groups excluding carboxylic acids is 1. The summed E-state index contributed by atoms with van der Waals surface area (Å²) >= 11 is 8.25. The predicted octanol–water partition coefficient (Wildman–Crippen LogP) is 2.02. The fourth-order valence-electron chi connectivity index (χ4n) is 1.60. The van der Waals surface area contributed by atoms with Crippen LogP contribution in [0.15, 0.2) is 45.7 Å². The van der Waals surface area contributed by atoms with Gasteiger partial charge in [0, 0.05) is 16.1 Å². The van der Waals surface area contributed by atoms with E-state index in [4.69, 9.17) is 18.0 Å². The van der Waals surface area contributed by atoms with E-state index in [0.29, 0.717) is 11.3 Å². The Hall–Kier alpha value is -1.99. The lowest BCUT2D eigenvalue weighted by molar-refractivity contribution is 0.102. The van der Waals surface area contributed by atoms with Crippen LogP contribution in [-0.2, 0) is 0 Å². The predicted molar refractivity (Wildman–Crippen MR) is 85.0 cm³/mol. The maximum atomic E-state index is 12.1. The van der Waals surface area contributed by atoms with E-state index in [1.165, 1.54) is 18.2 Å². The highest BCUT2D eigenvalue weighted by Gasteiger charge is 2.11. The van der Waals surface area contributed by atoms with Crippen molar-refractivity contribution in [2.75, 3.05) is 5.32 Å². The molecule has 0 unspecified atom stereocenters. The number of benzene rings is 1. The molecule has 0 bridgehead atoms. The van der Waals surface area contributed by atoms with E-state index >= 15 is 0 Å². The SMILES string of the molecule is NC(=S)c1ccc(Br)cc1NC(=O)c1cccc(=O)[nH]1. The van der Waals surface area contributed by atoms with Crippen LogP contribution in [-0.4, -0.2) is 15.9 Å². The smallest absolute Gasteiger partial charge is 0.272 e. The minimum atomic E-state index is -0.446. The maximum Gasteiger partial charge on any atom is 0.272 e. The molecule has 0 atom stereocenters. The van der Waals surface area contributed by atoms with Crippen molar-refractivity contribution in [1.82, 2.24) is 4.98 Å². The summed E-state index contributed by atoms with van der Waals surface area (Å²) in [6.07, 6.45) is 0. The second-order valence-electron chi connectivity index (χ2n) is 3.94. The first kappa shape index (κ1) is 14.4. The number of nitrogens with one attached hydrogen (secondary N) is 2. The van der Waals surface area contributed by atoms with E-state index in [-0.39, 0.29) is 16.2 Å². The normalized spacial score (nSPS) is 10.1. The van der Waals surface area contributed by atoms with Crippen LogP contribution in [0.2, 0.25) is 0 Å². The number of H-pyrrole nitrogens is 1. The number of carbonyl (C=O) groups is 1. The number of anilines is 1. The molecule has 1 heterocycles. The van der Waals surface area contributed by atoms with Crippen molar-refractivity contribution in [2.45, 2.75) is 0 Å². The average molecular weight is 352 g/mol. The van der Waals surface area contributed by atoms with Gasteiger partial charge in [0.25, 0.3) is 5.91 Å². The van der Waals surface area contributed by atoms with Gasteiger partial charge in [-0.25, -0.2) is 0 Å². The van der Waals surface area contributed by atoms with Gasteiger partial charge in [-0.15, -0.1) is 0 Å². The Morgan fingerprint density at radius 1 is 1.30 bits per heavy atom. The van der Waals surface area contributed by atoms with Crippen molar-refractivity contribution >= 4 is 44.7 Å². The largest absolute Gasteiger partial charge is 0.389 e. The molecule has 0 aliphatic heterocycles. The van der Waals surface area contributed by atoms with E-state index in [0.717, 1.165) is 4.47 Å². The quantitative estimate of drug-likeness (QED) is 0.738. The molecule has 4 N–H and O–H groups in total. The van der Waals surface area contributed by atoms with Crippen LogP contribution in [0.1, 0.15) is 16.1 Å². The van der Waals surface area contributed by atoms with Crippen molar-refractivity contribution in [3.8, 4) is 0 Å². The lowest BCUT2D eigenvalue weighted by Gasteiger charge is -2.10. The van der Waals surface area contributed by atoms with Crippen molar-refractivity contribution in [1.29, 1.82) is 0 Å². The number of hydrogen-bond donors (Lipinski definition) is 3. The van der Waals surface area contributed by atoms with Crippen LogP contribution in [0.3, 0.4) is 0 Å². The third-order valence-corrected chi connectivity index (χ3v) is 3.22. The summed E-state index contributed by atoms with van der Waals surface area (Å²) in [4.78, 5) is 25.9. The molecule has 20 heavy (non-hydrogen) atoms. The molecule has 0 radical (unpaired) electrons. The number of aromatic amines is 1. The van der Waals surface area contributed by atoms with Crippen molar-refractivity contribution in [3.05, 3.63) is 62.5 Å². The Kier molecular flexibility index (Phi) is 4.31. The third kappa shape index (κ3) is 3.31. The number of rotatable bonds is 3. The molecule has 2 aromatic rings. The molecule has 7 heteroatoms. The van der Waals surface area contributed by atoms with Crippen LogP contribution in [0.25, 0.3) is 0 Å². The minimum Gasteiger partial charge on any atom is -0.389 e. The molecule has 0 spiro atoms. The first-order chi connectivity index (χ1) is 9.47. The minimum absolute atomic E-state index is 0.159. The number of aromatic nitrogens is 1. The molecule has 2 rings (SSSR count). The first-order valence-corrected chi connectivity index (χ1v) is 6.77. The van der Waals surface area contributed by atoms with Crippen molar-refractivity contribution in [3.63, 3.8) is 0 Å². The van der Waals surface area contributed by atoms with E-state index in [2.05, 4.69) is 26.2 Å². The molecule has 0 aliphatic carbocycles. The Balaban J connectivity index is 2.34. The molecular weight excluding hydrogens is 342 g/mol. The molecule has 1 amide bonds. The number of pyridine rings is 1. The van der Waals surface area contributed by atoms with Crippen LogP contribution >= 0.6 is 28.1 Å². The summed E-state index contributed by atoms with van der Waals surface area (Å²) < 4.78 is 0.773. The maximum absolute atomic E-state index is 12.1. The highest BCUT2D eigenvalue weighted by molar-refractivity contribution is 9.10. The zero-order valence-electron chi connectivity index (χ0n) is 10.1. The molecular formula is C13H10BrN3O2S. The summed E-state index contributed by atoms with van der Waals surface area (Å²) in [6, 6.07) is 9.51. The fourth-order valence-corrected chi connectivity index (χ4v) is 2.14. The topological polar surface area (TPSA) is 88.0 Å². The zero-order valence-corrected chi connectivity index (χ0v) is 12.5. The lowest BCUT2D eigenvalue weighted by Crippen LogP contribution is -2.20. The molecule has 0 aliphatic rings. The highest BCUT2D eigenvalue weighted by atomic mass is 79.9. The zero-order chi connectivity index (χ0) is 14.7. The van der Waals surface area contributed by atoms with Crippen LogP contribution < -0.4 is 16.6 Å². The molecule has 0 fully saturated rings. The van der Waals surface area contributed by atoms with Gasteiger partial charge >= 0.3 is 0 Å². The van der Waals surface area contributed by atoms with Gasteiger partial charge in [0.1, 0.15) is 10.7 Å². The van der Waals surface area contributed by atoms with Crippen LogP contribution in [0.5, 0.6) is 0 Å². The van der Waals surface area contributed by atoms with E-state index in [1.54, 1.807) is 18.2 Å². The van der Waals surface area contributed by atoms with Gasteiger partial charge in [0.05, 0.1) is 5.69 Å². The summed E-state index contributed by atoms with van der Waals surface area (Å²) in [5.41, 5.74) is 6.45. The van der Waals surface area contributed by atoms with Crippen molar-refractivity contribution < 1.29 is 4.79 Å². The summed E-state index contributed by atoms with van der Waals surface area (Å²) in [7, 11) is 0. The summed E-state index contributed by atoms with van der Waals surface area (Å²) in [5.74, 6) is -0.446. The summed E-state index contributed by atoms with van der Waals surface area (Å²) in [6.45, 7) is 0. The van der Waals surface area contributed by atoms with Gasteiger partial charge in [-0.1, -0.05) is 34.2 Å². The second kappa shape index (κ2) is 5.98. The van der Waals surface area contributed by atoms with Gasteiger partial charge in [-0.2, -0.15) is 0 Å². The van der Waals surface area contributed by atoms with Crippen molar-refractivity contribution in [2.24, 2.45) is 5.73 Å². The van der Waals surface area contributed by atoms with E-state index in [9.17, 15) is 9.59 Å². The number of halogens is 1. The molecule has 0 saturated heterocycles. The Morgan fingerprint density at radius 3 is 2.70 bits per heavy atom. The third-order valence-electron chi connectivity index (χ3n) is 2.51. The van der Waals surface area contributed by atoms with E-state index in [1.807, 2.05) is 0 Å². The Labute approximate surface area is 128 Å². The van der Waals surface area contributed by atoms with Gasteiger partial charge in [0.2, 0.25) is 5.56 Å². The Bertz CT molecular complexity index is 742. The molecule has 0 saturated carbocycles. The van der Waals surface area contributed by atoms with E-state index < -0.39 is 5.91 Å². The average Bonchev–Trinajstić information content (AvgIpc) is 2.38. The van der Waals surface area contributed by atoms with Gasteiger partial charge in [-0.05, 0) is 24.3 Å². The second-order valence-corrected chi connectivity index (χ2v) is 5.29. The molecule has 1 aromatic heterocycles. The monoisotopic (exact) mass is 351 g/mol. The van der Waals surface area contributed by atoms with Gasteiger partial charge in [0.15, 0.2) is 0 Å². The van der Waals surface area contributed by atoms with Crippen LogP contribution in [0.4, 0.5) is 5.69 Å². The highest BCUT2D eigenvalue weighted by Crippen LogP contribution is 2.22. The number of amides is 1. The number of hydrogen-bond acceptors (Lipinski definition) is 3. The lowest BCUT2D eigenvalue weighted by atomic mass is 10.1. The Morgan fingerprint density at radius 2 is 2.05 bits per heavy atom. The number of thiocarbonyl (C=S) groups is 1. The van der Waals surface area contributed by atoms with Gasteiger partial charge in [-0.3, -0.25) is 9.59 Å². The molecule has 1 aromatic carbocycles. The first-order valence-electron chi connectivity index (χ1n) is 5.57. The molecule has 5 nitrogen and oxygen atoms in total. The number of nitrogens with two attached hydrogens (primary N) is 1. The molecule has 102 valence electrons. The standard InChI is InChI=1S/C13H10BrN3O2S/c14-7-4-5-8(12(15)20)10(6-7)17-13(19)9-2-1-3-11(18)16-9/h1-6H,(H2,15,20)(H,16,18)(H,17,19). The van der Waals surface area contributed by atoms with Crippen LogP contribution in [0, 0.1) is 0 Å². The summed E-state index contributed by atoms with van der Waals surface area (Å²) in [5, 5.41) is 2.67.